The average molecular weight is 940 g/mol. The molecule has 0 radical (unpaired) electrons. The number of pyridine rings is 1. The first-order valence-electron chi connectivity index (χ1n) is 19.8. The molecule has 11 rings (SSSR count). The molecule has 1 aliphatic heterocycles. The third-order valence-electron chi connectivity index (χ3n) is 11.4. The molecule has 10 aromatic rings. The van der Waals surface area contributed by atoms with E-state index in [1.807, 2.05) is 18.2 Å². The van der Waals surface area contributed by atoms with Crippen molar-refractivity contribution in [2.45, 2.75) is 26.2 Å². The fourth-order valence-electron chi connectivity index (χ4n) is 8.60. The van der Waals surface area contributed by atoms with Crippen molar-refractivity contribution in [3.8, 4) is 45.3 Å². The first kappa shape index (κ1) is 36.8. The molecule has 5 nitrogen and oxygen atoms in total. The largest absolute Gasteiger partial charge is 0.510 e. The van der Waals surface area contributed by atoms with Crippen LogP contribution in [0.3, 0.4) is 0 Å². The van der Waals surface area contributed by atoms with E-state index in [1.165, 1.54) is 5.56 Å². The van der Waals surface area contributed by atoms with Crippen LogP contribution < -0.4 is 20.3 Å². The van der Waals surface area contributed by atoms with E-state index in [9.17, 15) is 0 Å². The molecule has 0 amide bonds. The number of nitrogens with zero attached hydrogens (tertiary/aromatic N) is 4. The van der Waals surface area contributed by atoms with Gasteiger partial charge in [0.1, 0.15) is 5.82 Å². The third-order valence-corrected chi connectivity index (χ3v) is 11.4. The summed E-state index contributed by atoms with van der Waals surface area (Å²) in [4.78, 5) is 5.80. The molecule has 8 bridgehead atoms. The molecule has 0 atom stereocenters. The Balaban J connectivity index is 0.00000420. The summed E-state index contributed by atoms with van der Waals surface area (Å²) < 4.78 is 13.2. The minimum atomic E-state index is -0.434. The standard InChI is InChI=1S/C52H37BN4O.Pt/c1-52(2,3)37-30-49-53(51-41(35-16-6-4-7-17-35)23-15-24-42(51)36-18-8-5-9-19-36)56-34-55(46-26-12-13-27-47(46)56)38-20-14-21-39(32-38)58-40-28-29-44-43-22-10-11-25-45(43)57(48(44)33-40)50(31-37)54-49;/h4-31H,1-3H3;/q-2;. The van der Waals surface area contributed by atoms with Crippen LogP contribution in [0, 0.1) is 18.5 Å². The van der Waals surface area contributed by atoms with Crippen LogP contribution in [0.15, 0.2) is 170 Å². The Labute approximate surface area is 358 Å². The Kier molecular flexibility index (Phi) is 8.99. The molecule has 286 valence electrons. The molecule has 0 saturated heterocycles. The van der Waals surface area contributed by atoms with Crippen molar-refractivity contribution in [3.63, 3.8) is 0 Å². The van der Waals surface area contributed by atoms with Crippen LogP contribution in [0.5, 0.6) is 11.5 Å². The minimum Gasteiger partial charge on any atom is -0.510 e. The molecule has 0 spiro atoms. The summed E-state index contributed by atoms with van der Waals surface area (Å²) in [6.45, 7) is 6.39. The van der Waals surface area contributed by atoms with E-state index < -0.39 is 6.85 Å². The summed E-state index contributed by atoms with van der Waals surface area (Å²) in [6.07, 6.45) is 3.88. The maximum Gasteiger partial charge on any atom is 0.449 e. The molecule has 0 unspecified atom stereocenters. The molecule has 7 heteroatoms. The second kappa shape index (κ2) is 14.4. The van der Waals surface area contributed by atoms with Gasteiger partial charge in [-0.25, -0.2) is 4.98 Å². The number of ether oxygens (including phenoxy) is 1. The van der Waals surface area contributed by atoms with Crippen molar-refractivity contribution in [1.82, 2.24) is 14.1 Å². The van der Waals surface area contributed by atoms with Gasteiger partial charge in [-0.2, -0.15) is 18.2 Å². The van der Waals surface area contributed by atoms with Crippen molar-refractivity contribution in [2.24, 2.45) is 0 Å². The number of fused-ring (bicyclic) bond motifs is 15. The average Bonchev–Trinajstić information content (AvgIpc) is 3.80. The van der Waals surface area contributed by atoms with E-state index in [4.69, 9.17) is 9.72 Å². The zero-order chi connectivity index (χ0) is 39.0. The van der Waals surface area contributed by atoms with E-state index >= 15 is 0 Å². The minimum absolute atomic E-state index is 0. The second-order valence-electron chi connectivity index (χ2n) is 16.0. The van der Waals surface area contributed by atoms with Crippen LogP contribution >= 0.6 is 0 Å². The molecule has 3 aromatic heterocycles. The molecule has 1 aliphatic rings. The van der Waals surface area contributed by atoms with Gasteiger partial charge in [0.2, 0.25) is 6.33 Å². The Morgan fingerprint density at radius 3 is 1.98 bits per heavy atom. The summed E-state index contributed by atoms with van der Waals surface area (Å²) >= 11 is 0. The van der Waals surface area contributed by atoms with Crippen LogP contribution in [-0.4, -0.2) is 21.0 Å². The summed E-state index contributed by atoms with van der Waals surface area (Å²) in [5, 5.41) is 2.21. The van der Waals surface area contributed by atoms with Gasteiger partial charge in [0.05, 0.1) is 11.1 Å². The Bertz CT molecular complexity index is 3140. The van der Waals surface area contributed by atoms with Crippen molar-refractivity contribution in [3.05, 3.63) is 194 Å². The smallest absolute Gasteiger partial charge is 0.449 e. The van der Waals surface area contributed by atoms with Crippen molar-refractivity contribution in [2.75, 3.05) is 0 Å². The van der Waals surface area contributed by atoms with Crippen LogP contribution in [0.4, 0.5) is 0 Å². The van der Waals surface area contributed by atoms with Gasteiger partial charge in [-0.15, -0.1) is 29.7 Å². The van der Waals surface area contributed by atoms with Crippen molar-refractivity contribution < 1.29 is 30.3 Å². The Hall–Kier alpha value is -6.49. The monoisotopic (exact) mass is 939 g/mol. The normalized spacial score (nSPS) is 12.3. The summed E-state index contributed by atoms with van der Waals surface area (Å²) in [6, 6.07) is 67.1. The predicted molar refractivity (Wildman–Crippen MR) is 235 cm³/mol. The van der Waals surface area contributed by atoms with Gasteiger partial charge < -0.3 is 18.3 Å². The van der Waals surface area contributed by atoms with Crippen LogP contribution in [0.2, 0.25) is 0 Å². The van der Waals surface area contributed by atoms with Crippen LogP contribution in [0.1, 0.15) is 26.3 Å². The molecule has 7 aromatic carbocycles. The van der Waals surface area contributed by atoms with E-state index in [1.54, 1.807) is 0 Å². The van der Waals surface area contributed by atoms with Crippen LogP contribution in [-0.2, 0) is 26.5 Å². The molecule has 0 N–H and O–H groups in total. The predicted octanol–water partition coefficient (Wildman–Crippen LogP) is 10.2. The van der Waals surface area contributed by atoms with E-state index in [0.717, 1.165) is 77.7 Å². The number of aromatic nitrogens is 4. The summed E-state index contributed by atoms with van der Waals surface area (Å²) in [7, 11) is 0. The zero-order valence-electron chi connectivity index (χ0n) is 32.8. The number of para-hydroxylation sites is 3. The number of benzene rings is 7. The zero-order valence-corrected chi connectivity index (χ0v) is 35.0. The summed E-state index contributed by atoms with van der Waals surface area (Å²) in [5.41, 5.74) is 12.3. The van der Waals surface area contributed by atoms with E-state index in [0.29, 0.717) is 11.5 Å². The maximum absolute atomic E-state index is 6.59. The van der Waals surface area contributed by atoms with Gasteiger partial charge in [-0.3, -0.25) is 0 Å². The van der Waals surface area contributed by atoms with E-state index in [-0.39, 0.29) is 26.5 Å². The van der Waals surface area contributed by atoms with Crippen molar-refractivity contribution >= 4 is 50.7 Å². The number of rotatable bonds is 3. The topological polar surface area (TPSA) is 35.9 Å². The van der Waals surface area contributed by atoms with Gasteiger partial charge in [0.25, 0.3) is 0 Å². The Morgan fingerprint density at radius 1 is 0.610 bits per heavy atom. The van der Waals surface area contributed by atoms with Gasteiger partial charge in [0.15, 0.2) is 0 Å². The van der Waals surface area contributed by atoms with Crippen molar-refractivity contribution in [1.29, 1.82) is 0 Å². The SMILES string of the molecule is CC(C)(C)c1cc2nc(c1)-n1c3[c-]c(ccc3c3ccccc31)Oc1[c-]c(ccc1)-n1[c-][n+](c3ccccc31)B2c1c(-c2ccccc2)cccc1-c1ccccc1.[Pt]. The fraction of sp³-hybridized carbons (Fsp3) is 0.0769. The molecule has 4 heterocycles. The van der Waals surface area contributed by atoms with Crippen LogP contribution in [0.25, 0.3) is 66.6 Å². The maximum atomic E-state index is 6.59. The van der Waals surface area contributed by atoms with Gasteiger partial charge >= 0.3 is 6.85 Å². The first-order valence-corrected chi connectivity index (χ1v) is 19.8. The molecular weight excluding hydrogens is 902 g/mol. The molecule has 0 fully saturated rings. The molecule has 0 saturated carbocycles. The number of imidazole rings is 1. The Morgan fingerprint density at radius 2 is 1.25 bits per heavy atom. The molecular formula is C52H37BN4OPt-2. The van der Waals surface area contributed by atoms with E-state index in [2.05, 4.69) is 205 Å². The second-order valence-corrected chi connectivity index (χ2v) is 16.0. The molecule has 0 aliphatic carbocycles. The fourth-order valence-corrected chi connectivity index (χ4v) is 8.60. The van der Waals surface area contributed by atoms with Gasteiger partial charge in [-0.1, -0.05) is 153 Å². The quantitative estimate of drug-likeness (QED) is 0.131. The number of hydrogen-bond acceptors (Lipinski definition) is 2. The molecule has 59 heavy (non-hydrogen) atoms. The summed E-state index contributed by atoms with van der Waals surface area (Å²) in [5.74, 6) is 2.01. The first-order chi connectivity index (χ1) is 28.4. The van der Waals surface area contributed by atoms with Gasteiger partial charge in [-0.05, 0) is 62.3 Å². The van der Waals surface area contributed by atoms with Gasteiger partial charge in [0, 0.05) is 43.6 Å². The number of hydrogen-bond donors (Lipinski definition) is 0. The third kappa shape index (κ3) is 6.22.